The number of aromatic nitrogens is 2. The van der Waals surface area contributed by atoms with Crippen LogP contribution in [0.15, 0.2) is 54.7 Å². The van der Waals surface area contributed by atoms with E-state index in [1.807, 2.05) is 54.6 Å². The topological polar surface area (TPSA) is 89.2 Å². The summed E-state index contributed by atoms with van der Waals surface area (Å²) >= 11 is 0. The van der Waals surface area contributed by atoms with Gasteiger partial charge in [-0.05, 0) is 35.8 Å². The first-order valence-corrected chi connectivity index (χ1v) is 10.9. The van der Waals surface area contributed by atoms with Crippen molar-refractivity contribution in [2.75, 3.05) is 19.0 Å². The van der Waals surface area contributed by atoms with Crippen molar-refractivity contribution in [3.63, 3.8) is 0 Å². The average Bonchev–Trinajstić information content (AvgIpc) is 3.20. The molecule has 1 heterocycles. The van der Waals surface area contributed by atoms with Gasteiger partial charge in [-0.25, -0.2) is 0 Å². The number of ether oxygens (including phenoxy) is 2. The maximum Gasteiger partial charge on any atom is 0.257 e. The Morgan fingerprint density at radius 1 is 1.18 bits per heavy atom. The Bertz CT molecular complexity index is 1160. The third-order valence-electron chi connectivity index (χ3n) is 5.12. The van der Waals surface area contributed by atoms with E-state index < -0.39 is 0 Å². The molecule has 0 saturated carbocycles. The van der Waals surface area contributed by atoms with Gasteiger partial charge < -0.3 is 14.8 Å². The van der Waals surface area contributed by atoms with Gasteiger partial charge in [-0.2, -0.15) is 10.4 Å². The van der Waals surface area contributed by atoms with Crippen LogP contribution in [0.4, 0.5) is 5.82 Å². The van der Waals surface area contributed by atoms with Crippen molar-refractivity contribution in [1.29, 1.82) is 5.26 Å². The predicted molar refractivity (Wildman–Crippen MR) is 129 cm³/mol. The molecule has 0 spiro atoms. The largest absolute Gasteiger partial charge is 0.493 e. The molecule has 7 nitrogen and oxygen atoms in total. The Labute approximate surface area is 194 Å². The minimum Gasteiger partial charge on any atom is -0.493 e. The van der Waals surface area contributed by atoms with Gasteiger partial charge >= 0.3 is 0 Å². The Balaban J connectivity index is 1.93. The molecule has 0 atom stereocenters. The number of methoxy groups -OCH3 is 1. The van der Waals surface area contributed by atoms with Gasteiger partial charge in [0.2, 0.25) is 0 Å². The summed E-state index contributed by atoms with van der Waals surface area (Å²) in [6, 6.07) is 17.0. The van der Waals surface area contributed by atoms with Gasteiger partial charge in [0.25, 0.3) is 5.91 Å². The van der Waals surface area contributed by atoms with E-state index in [4.69, 9.17) is 9.47 Å². The van der Waals surface area contributed by atoms with Crippen molar-refractivity contribution in [2.24, 2.45) is 7.05 Å². The Kier molecular flexibility index (Phi) is 8.25. The number of benzene rings is 2. The summed E-state index contributed by atoms with van der Waals surface area (Å²) in [7, 11) is 3.27. The lowest BCUT2D eigenvalue weighted by Gasteiger charge is -2.13. The lowest BCUT2D eigenvalue weighted by molar-refractivity contribution is -0.111. The summed E-state index contributed by atoms with van der Waals surface area (Å²) in [4.78, 5) is 13.3. The number of nitrogens with one attached hydrogen (secondary N) is 1. The van der Waals surface area contributed by atoms with E-state index in [2.05, 4.69) is 17.3 Å². The highest BCUT2D eigenvalue weighted by molar-refractivity contribution is 6.29. The monoisotopic (exact) mass is 444 g/mol. The summed E-state index contributed by atoms with van der Waals surface area (Å²) < 4.78 is 12.9. The highest BCUT2D eigenvalue weighted by Crippen LogP contribution is 2.30. The number of carbonyl (C=O) groups excluding carboxylic acids is 1. The summed E-state index contributed by atoms with van der Waals surface area (Å²) in [5, 5.41) is 16.2. The lowest BCUT2D eigenvalue weighted by Crippen LogP contribution is -2.16. The van der Waals surface area contributed by atoms with E-state index in [0.717, 1.165) is 30.4 Å². The Morgan fingerprint density at radius 3 is 2.67 bits per heavy atom. The second-order valence-electron chi connectivity index (χ2n) is 7.49. The molecule has 170 valence electrons. The molecule has 2 aromatic carbocycles. The molecule has 0 aliphatic carbocycles. The van der Waals surface area contributed by atoms with Crippen LogP contribution in [0.25, 0.3) is 11.6 Å². The summed E-state index contributed by atoms with van der Waals surface area (Å²) in [6.45, 7) is 2.78. The van der Waals surface area contributed by atoms with Gasteiger partial charge in [-0.3, -0.25) is 9.48 Å². The van der Waals surface area contributed by atoms with Gasteiger partial charge in [-0.1, -0.05) is 56.2 Å². The molecule has 33 heavy (non-hydrogen) atoms. The number of rotatable bonds is 10. The lowest BCUT2D eigenvalue weighted by atomic mass is 10.0. The first-order valence-electron chi connectivity index (χ1n) is 10.9. The number of amides is 1. The maximum atomic E-state index is 13.3. The molecular weight excluding hydrogens is 416 g/mol. The molecule has 0 radical (unpaired) electrons. The number of unbranched alkanes of at least 4 members (excludes halogenated alkanes) is 2. The Morgan fingerprint density at radius 2 is 1.97 bits per heavy atom. The molecule has 7 heteroatoms. The van der Waals surface area contributed by atoms with Crippen LogP contribution in [0, 0.1) is 11.3 Å². The van der Waals surface area contributed by atoms with E-state index in [-0.39, 0.29) is 5.91 Å². The van der Waals surface area contributed by atoms with Crippen LogP contribution in [0.1, 0.15) is 42.9 Å². The van der Waals surface area contributed by atoms with Crippen LogP contribution in [0.3, 0.4) is 0 Å². The fourth-order valence-corrected chi connectivity index (χ4v) is 3.33. The fourth-order valence-electron chi connectivity index (χ4n) is 3.33. The zero-order valence-corrected chi connectivity index (χ0v) is 19.2. The number of carbonyl (C=O) groups is 1. The van der Waals surface area contributed by atoms with E-state index in [1.54, 1.807) is 20.2 Å². The predicted octanol–water partition coefficient (Wildman–Crippen LogP) is 5.05. The van der Waals surface area contributed by atoms with Gasteiger partial charge in [0.05, 0.1) is 19.9 Å². The fraction of sp³-hybridized carbons (Fsp3) is 0.269. The SMILES string of the molecule is CCCCCOc1ccc(/C=C(/C(=O)Nc2c(C#N)cnn2C)c2ccccc2)cc1OC. The molecule has 0 aliphatic heterocycles. The smallest absolute Gasteiger partial charge is 0.257 e. The molecule has 1 aromatic heterocycles. The van der Waals surface area contributed by atoms with Crippen LogP contribution in [-0.2, 0) is 11.8 Å². The van der Waals surface area contributed by atoms with Crippen LogP contribution in [-0.4, -0.2) is 29.4 Å². The molecule has 1 amide bonds. The minimum absolute atomic E-state index is 0.296. The van der Waals surface area contributed by atoms with E-state index in [0.29, 0.717) is 35.1 Å². The number of nitriles is 1. The van der Waals surface area contributed by atoms with Gasteiger partial charge in [0, 0.05) is 12.6 Å². The average molecular weight is 445 g/mol. The molecule has 3 aromatic rings. The third kappa shape index (κ3) is 6.01. The molecule has 0 bridgehead atoms. The van der Waals surface area contributed by atoms with E-state index >= 15 is 0 Å². The van der Waals surface area contributed by atoms with Crippen molar-refractivity contribution in [3.8, 4) is 17.6 Å². The summed E-state index contributed by atoms with van der Waals surface area (Å²) in [6.07, 6.45) is 6.44. The summed E-state index contributed by atoms with van der Waals surface area (Å²) in [5.41, 5.74) is 2.27. The third-order valence-corrected chi connectivity index (χ3v) is 5.12. The molecule has 0 saturated heterocycles. The second-order valence-corrected chi connectivity index (χ2v) is 7.49. The molecule has 0 unspecified atom stereocenters. The first kappa shape index (κ1) is 23.6. The van der Waals surface area contributed by atoms with Crippen molar-refractivity contribution in [1.82, 2.24) is 9.78 Å². The van der Waals surface area contributed by atoms with Gasteiger partial charge in [0.15, 0.2) is 11.5 Å². The maximum absolute atomic E-state index is 13.3. The van der Waals surface area contributed by atoms with Gasteiger partial charge in [0.1, 0.15) is 17.5 Å². The number of hydrogen-bond donors (Lipinski definition) is 1. The first-order chi connectivity index (χ1) is 16.1. The van der Waals surface area contributed by atoms with E-state index in [9.17, 15) is 10.1 Å². The number of aryl methyl sites for hydroxylation is 1. The van der Waals surface area contributed by atoms with Crippen molar-refractivity contribution < 1.29 is 14.3 Å². The Hall–Kier alpha value is -4.05. The quantitative estimate of drug-likeness (QED) is 0.269. The normalized spacial score (nSPS) is 11.0. The molecule has 3 rings (SSSR count). The molecular formula is C26H28N4O3. The van der Waals surface area contributed by atoms with Crippen LogP contribution in [0.2, 0.25) is 0 Å². The van der Waals surface area contributed by atoms with Crippen molar-refractivity contribution in [3.05, 3.63) is 71.4 Å². The minimum atomic E-state index is -0.347. The zero-order chi connectivity index (χ0) is 23.6. The van der Waals surface area contributed by atoms with Crippen molar-refractivity contribution in [2.45, 2.75) is 26.2 Å². The second kappa shape index (κ2) is 11.5. The van der Waals surface area contributed by atoms with Crippen LogP contribution < -0.4 is 14.8 Å². The highest BCUT2D eigenvalue weighted by Gasteiger charge is 2.17. The standard InChI is InChI=1S/C26H28N4O3/c1-4-5-9-14-33-23-13-12-19(16-24(23)32-3)15-22(20-10-7-6-8-11-20)26(31)29-25-21(17-27)18-28-30(25)2/h6-8,10-13,15-16,18H,4-5,9,14H2,1-3H3,(H,29,31)/b22-15+. The zero-order valence-electron chi connectivity index (χ0n) is 19.2. The molecule has 1 N–H and O–H groups in total. The van der Waals surface area contributed by atoms with Crippen LogP contribution in [0.5, 0.6) is 11.5 Å². The van der Waals surface area contributed by atoms with Crippen LogP contribution >= 0.6 is 0 Å². The molecule has 0 aliphatic rings. The number of anilines is 1. The highest BCUT2D eigenvalue weighted by atomic mass is 16.5. The molecule has 0 fully saturated rings. The summed E-state index contributed by atoms with van der Waals surface area (Å²) in [5.74, 6) is 1.27. The van der Waals surface area contributed by atoms with Gasteiger partial charge in [-0.15, -0.1) is 0 Å². The number of nitrogens with zero attached hydrogens (tertiary/aromatic N) is 3. The number of hydrogen-bond acceptors (Lipinski definition) is 5. The van der Waals surface area contributed by atoms with E-state index in [1.165, 1.54) is 10.9 Å². The van der Waals surface area contributed by atoms with Crippen molar-refractivity contribution >= 4 is 23.4 Å².